The summed E-state index contributed by atoms with van der Waals surface area (Å²) in [4.78, 5) is 4.20. The molecule has 0 radical (unpaired) electrons. The van der Waals surface area contributed by atoms with Crippen molar-refractivity contribution in [3.63, 3.8) is 0 Å². The number of nitrogens with zero attached hydrogens (tertiary/aromatic N) is 1. The normalized spacial score (nSPS) is 27.2. The molecule has 1 saturated heterocycles. The molecule has 2 heterocycles. The lowest BCUT2D eigenvalue weighted by Crippen LogP contribution is -2.47. The maximum absolute atomic E-state index is 5.91. The highest BCUT2D eigenvalue weighted by Crippen LogP contribution is 2.11. The summed E-state index contributed by atoms with van der Waals surface area (Å²) in [6.07, 6.45) is 2.71. The van der Waals surface area contributed by atoms with Crippen molar-refractivity contribution in [3.8, 4) is 0 Å². The van der Waals surface area contributed by atoms with Gasteiger partial charge >= 0.3 is 0 Å². The number of pyridine rings is 1. The van der Waals surface area contributed by atoms with Crippen LogP contribution in [0.4, 0.5) is 5.82 Å². The van der Waals surface area contributed by atoms with E-state index in [0.29, 0.717) is 6.61 Å². The van der Waals surface area contributed by atoms with E-state index in [-0.39, 0.29) is 12.1 Å². The van der Waals surface area contributed by atoms with Gasteiger partial charge in [0.1, 0.15) is 5.82 Å². The van der Waals surface area contributed by atoms with Crippen molar-refractivity contribution in [2.45, 2.75) is 18.5 Å². The zero-order valence-corrected chi connectivity index (χ0v) is 8.02. The Kier molecular flexibility index (Phi) is 2.96. The standard InChI is InChI=1S/C10H15N3O/c11-8-7-14-6-4-9(8)13-10-3-1-2-5-12-10/h1-3,5,8-9H,4,6-7,11H2,(H,12,13). The minimum absolute atomic E-state index is 0.0609. The largest absolute Gasteiger partial charge is 0.380 e. The fourth-order valence-electron chi connectivity index (χ4n) is 1.58. The minimum atomic E-state index is 0.0609. The first-order valence-corrected chi connectivity index (χ1v) is 4.87. The molecule has 0 saturated carbocycles. The minimum Gasteiger partial charge on any atom is -0.380 e. The van der Waals surface area contributed by atoms with Crippen molar-refractivity contribution in [1.82, 2.24) is 4.98 Å². The smallest absolute Gasteiger partial charge is 0.126 e. The third kappa shape index (κ3) is 2.21. The molecule has 76 valence electrons. The summed E-state index contributed by atoms with van der Waals surface area (Å²) in [5, 5.41) is 3.31. The molecular weight excluding hydrogens is 178 g/mol. The Hall–Kier alpha value is -1.13. The summed E-state index contributed by atoms with van der Waals surface area (Å²) in [7, 11) is 0. The molecule has 14 heavy (non-hydrogen) atoms. The molecule has 0 amide bonds. The van der Waals surface area contributed by atoms with Crippen molar-refractivity contribution < 1.29 is 4.74 Å². The number of nitrogens with two attached hydrogens (primary N) is 1. The average molecular weight is 193 g/mol. The number of ether oxygens (including phenoxy) is 1. The summed E-state index contributed by atoms with van der Waals surface area (Å²) in [6.45, 7) is 1.41. The van der Waals surface area contributed by atoms with Gasteiger partial charge in [-0.15, -0.1) is 0 Å². The third-order valence-corrected chi connectivity index (χ3v) is 2.40. The predicted octanol–water partition coefficient (Wildman–Crippen LogP) is 0.610. The van der Waals surface area contributed by atoms with E-state index >= 15 is 0 Å². The van der Waals surface area contributed by atoms with E-state index in [9.17, 15) is 0 Å². The number of aromatic nitrogens is 1. The molecule has 0 aromatic carbocycles. The van der Waals surface area contributed by atoms with Gasteiger partial charge in [-0.1, -0.05) is 6.07 Å². The van der Waals surface area contributed by atoms with Crippen LogP contribution >= 0.6 is 0 Å². The summed E-state index contributed by atoms with van der Waals surface area (Å²) < 4.78 is 5.26. The fourth-order valence-corrected chi connectivity index (χ4v) is 1.58. The molecule has 1 aliphatic rings. The highest BCUT2D eigenvalue weighted by Gasteiger charge is 2.22. The first-order valence-electron chi connectivity index (χ1n) is 4.87. The molecule has 2 unspecified atom stereocenters. The van der Waals surface area contributed by atoms with Crippen LogP contribution in [0, 0.1) is 0 Å². The SMILES string of the molecule is NC1COCCC1Nc1ccccn1. The summed E-state index contributed by atoms with van der Waals surface area (Å²) in [5.41, 5.74) is 5.91. The molecule has 0 bridgehead atoms. The fraction of sp³-hybridized carbons (Fsp3) is 0.500. The second-order valence-electron chi connectivity index (χ2n) is 3.49. The molecule has 2 rings (SSSR count). The van der Waals surface area contributed by atoms with Crippen molar-refractivity contribution in [2.24, 2.45) is 5.73 Å². The maximum Gasteiger partial charge on any atom is 0.126 e. The van der Waals surface area contributed by atoms with Crippen LogP contribution in [0.3, 0.4) is 0 Å². The van der Waals surface area contributed by atoms with Crippen molar-refractivity contribution in [2.75, 3.05) is 18.5 Å². The van der Waals surface area contributed by atoms with E-state index < -0.39 is 0 Å². The van der Waals surface area contributed by atoms with Gasteiger partial charge in [0.2, 0.25) is 0 Å². The first kappa shape index (κ1) is 9.43. The zero-order chi connectivity index (χ0) is 9.80. The van der Waals surface area contributed by atoms with Crippen LogP contribution in [0.25, 0.3) is 0 Å². The van der Waals surface area contributed by atoms with E-state index in [0.717, 1.165) is 18.8 Å². The average Bonchev–Trinajstić information content (AvgIpc) is 2.23. The van der Waals surface area contributed by atoms with Gasteiger partial charge in [0.15, 0.2) is 0 Å². The van der Waals surface area contributed by atoms with E-state index in [2.05, 4.69) is 10.3 Å². The van der Waals surface area contributed by atoms with Crippen LogP contribution in [0.15, 0.2) is 24.4 Å². The number of hydrogen-bond acceptors (Lipinski definition) is 4. The van der Waals surface area contributed by atoms with Crippen LogP contribution in [-0.2, 0) is 4.74 Å². The molecule has 2 atom stereocenters. The molecule has 4 heteroatoms. The van der Waals surface area contributed by atoms with E-state index in [1.165, 1.54) is 0 Å². The Labute approximate surface area is 83.5 Å². The molecule has 1 aromatic heterocycles. The second-order valence-corrected chi connectivity index (χ2v) is 3.49. The molecule has 1 aliphatic heterocycles. The topological polar surface area (TPSA) is 60.2 Å². The molecule has 0 spiro atoms. The third-order valence-electron chi connectivity index (χ3n) is 2.40. The Balaban J connectivity index is 1.96. The molecule has 4 nitrogen and oxygen atoms in total. The highest BCUT2D eigenvalue weighted by molar-refractivity contribution is 5.35. The lowest BCUT2D eigenvalue weighted by Gasteiger charge is -2.29. The molecule has 1 aromatic rings. The molecule has 3 N–H and O–H groups in total. The number of nitrogens with one attached hydrogen (secondary N) is 1. The van der Waals surface area contributed by atoms with Gasteiger partial charge in [-0.2, -0.15) is 0 Å². The van der Waals surface area contributed by atoms with Crippen LogP contribution in [0.5, 0.6) is 0 Å². The summed E-state index contributed by atoms with van der Waals surface area (Å²) in [5.74, 6) is 0.884. The van der Waals surface area contributed by atoms with Crippen LogP contribution in [-0.4, -0.2) is 30.3 Å². The van der Waals surface area contributed by atoms with Crippen molar-refractivity contribution >= 4 is 5.82 Å². The quantitative estimate of drug-likeness (QED) is 0.722. The Bertz CT molecular complexity index is 278. The van der Waals surface area contributed by atoms with Gasteiger partial charge in [0.25, 0.3) is 0 Å². The van der Waals surface area contributed by atoms with E-state index in [1.807, 2.05) is 18.2 Å². The van der Waals surface area contributed by atoms with Gasteiger partial charge in [-0.3, -0.25) is 0 Å². The van der Waals surface area contributed by atoms with E-state index in [4.69, 9.17) is 10.5 Å². The maximum atomic E-state index is 5.91. The van der Waals surface area contributed by atoms with Crippen LogP contribution < -0.4 is 11.1 Å². The first-order chi connectivity index (χ1) is 6.86. The number of rotatable bonds is 2. The highest BCUT2D eigenvalue weighted by atomic mass is 16.5. The van der Waals surface area contributed by atoms with Crippen LogP contribution in [0.2, 0.25) is 0 Å². The number of anilines is 1. The van der Waals surface area contributed by atoms with Crippen molar-refractivity contribution in [3.05, 3.63) is 24.4 Å². The van der Waals surface area contributed by atoms with Gasteiger partial charge < -0.3 is 15.8 Å². The number of hydrogen-bond donors (Lipinski definition) is 2. The zero-order valence-electron chi connectivity index (χ0n) is 8.02. The van der Waals surface area contributed by atoms with Gasteiger partial charge in [-0.25, -0.2) is 4.98 Å². The van der Waals surface area contributed by atoms with Gasteiger partial charge in [0, 0.05) is 24.9 Å². The van der Waals surface area contributed by atoms with E-state index in [1.54, 1.807) is 6.20 Å². The summed E-state index contributed by atoms with van der Waals surface area (Å²) in [6, 6.07) is 6.14. The van der Waals surface area contributed by atoms with Gasteiger partial charge in [-0.05, 0) is 18.6 Å². The predicted molar refractivity (Wildman–Crippen MR) is 55.1 cm³/mol. The Morgan fingerprint density at radius 2 is 2.43 bits per heavy atom. The Morgan fingerprint density at radius 3 is 3.14 bits per heavy atom. The Morgan fingerprint density at radius 1 is 1.50 bits per heavy atom. The van der Waals surface area contributed by atoms with Crippen LogP contribution in [0.1, 0.15) is 6.42 Å². The van der Waals surface area contributed by atoms with Gasteiger partial charge in [0.05, 0.1) is 6.61 Å². The molecule has 1 fully saturated rings. The summed E-state index contributed by atoms with van der Waals surface area (Å²) >= 11 is 0. The van der Waals surface area contributed by atoms with Crippen molar-refractivity contribution in [1.29, 1.82) is 0 Å². The lowest BCUT2D eigenvalue weighted by atomic mass is 10.0. The molecular formula is C10H15N3O. The monoisotopic (exact) mass is 193 g/mol. The lowest BCUT2D eigenvalue weighted by molar-refractivity contribution is 0.0752. The molecule has 0 aliphatic carbocycles. The second kappa shape index (κ2) is 4.39.